The smallest absolute Gasteiger partial charge is 0.326 e. The summed E-state index contributed by atoms with van der Waals surface area (Å²) in [5.74, 6) is -0.278. The fourth-order valence-electron chi connectivity index (χ4n) is 2.14. The van der Waals surface area contributed by atoms with Gasteiger partial charge in [0.05, 0.1) is 19.8 Å². The molecule has 106 valence electrons. The number of hydrogen-bond donors (Lipinski definition) is 1. The van der Waals surface area contributed by atoms with E-state index in [1.165, 1.54) is 0 Å². The summed E-state index contributed by atoms with van der Waals surface area (Å²) in [5, 5.41) is 0. The summed E-state index contributed by atoms with van der Waals surface area (Å²) < 4.78 is 15.3. The van der Waals surface area contributed by atoms with E-state index in [1.807, 2.05) is 0 Å². The van der Waals surface area contributed by atoms with Gasteiger partial charge in [-0.3, -0.25) is 4.79 Å². The van der Waals surface area contributed by atoms with Crippen LogP contribution in [0.4, 0.5) is 0 Å². The van der Waals surface area contributed by atoms with Crippen molar-refractivity contribution in [2.45, 2.75) is 44.1 Å². The number of nitrogens with two attached hydrogens (primary N) is 1. The molecule has 0 atom stereocenters. The number of esters is 1. The normalized spacial score (nSPS) is 19.2. The van der Waals surface area contributed by atoms with Gasteiger partial charge in [-0.2, -0.15) is 0 Å². The molecule has 0 aliphatic heterocycles. The molecule has 0 amide bonds. The van der Waals surface area contributed by atoms with Gasteiger partial charge in [-0.15, -0.1) is 0 Å². The van der Waals surface area contributed by atoms with Crippen LogP contribution < -0.4 is 5.73 Å². The largest absolute Gasteiger partial charge is 0.462 e. The van der Waals surface area contributed by atoms with E-state index in [1.54, 1.807) is 7.11 Å². The molecule has 1 fully saturated rings. The Morgan fingerprint density at radius 1 is 1.06 bits per heavy atom. The predicted molar refractivity (Wildman–Crippen MR) is 68.3 cm³/mol. The summed E-state index contributed by atoms with van der Waals surface area (Å²) in [4.78, 5) is 11.9. The third-order valence-corrected chi connectivity index (χ3v) is 3.29. The third-order valence-electron chi connectivity index (χ3n) is 3.29. The molecule has 18 heavy (non-hydrogen) atoms. The molecule has 0 radical (unpaired) electrons. The molecule has 0 spiro atoms. The van der Waals surface area contributed by atoms with Crippen LogP contribution in [0, 0.1) is 0 Å². The fraction of sp³-hybridized carbons (Fsp3) is 0.923. The number of rotatable bonds is 7. The molecule has 0 saturated heterocycles. The topological polar surface area (TPSA) is 70.8 Å². The van der Waals surface area contributed by atoms with Gasteiger partial charge in [0.15, 0.2) is 0 Å². The average molecular weight is 259 g/mol. The van der Waals surface area contributed by atoms with E-state index < -0.39 is 5.54 Å². The standard InChI is InChI=1S/C13H25NO4/c1-16-8-9-17-10-11-18-12(15)13(14)6-4-2-3-5-7-13/h2-11,14H2,1H3. The summed E-state index contributed by atoms with van der Waals surface area (Å²) in [5.41, 5.74) is 5.35. The Kier molecular flexibility index (Phi) is 7.23. The van der Waals surface area contributed by atoms with Crippen LogP contribution in [0.5, 0.6) is 0 Å². The summed E-state index contributed by atoms with van der Waals surface area (Å²) in [7, 11) is 1.62. The summed E-state index contributed by atoms with van der Waals surface area (Å²) >= 11 is 0. The SMILES string of the molecule is COCCOCCOC(=O)C1(N)CCCCCC1. The van der Waals surface area contributed by atoms with Crippen LogP contribution in [-0.4, -0.2) is 45.0 Å². The van der Waals surface area contributed by atoms with Crippen LogP contribution in [0.1, 0.15) is 38.5 Å². The van der Waals surface area contributed by atoms with Crippen molar-refractivity contribution in [1.82, 2.24) is 0 Å². The second-order valence-electron chi connectivity index (χ2n) is 4.81. The number of carbonyl (C=O) groups is 1. The van der Waals surface area contributed by atoms with Crippen LogP contribution in [-0.2, 0) is 19.0 Å². The molecule has 5 heteroatoms. The number of ether oxygens (including phenoxy) is 3. The molecule has 1 saturated carbocycles. The maximum absolute atomic E-state index is 11.9. The molecule has 2 N–H and O–H groups in total. The molecule has 1 rings (SSSR count). The Morgan fingerprint density at radius 3 is 2.28 bits per heavy atom. The highest BCUT2D eigenvalue weighted by atomic mass is 16.6. The van der Waals surface area contributed by atoms with Gasteiger partial charge in [0, 0.05) is 7.11 Å². The van der Waals surface area contributed by atoms with E-state index in [-0.39, 0.29) is 12.6 Å². The summed E-state index contributed by atoms with van der Waals surface area (Å²) in [6.45, 7) is 1.73. The molecule has 0 aromatic carbocycles. The van der Waals surface area contributed by atoms with Crippen molar-refractivity contribution in [1.29, 1.82) is 0 Å². The Labute approximate surface area is 109 Å². The zero-order chi connectivity index (χ0) is 13.3. The van der Waals surface area contributed by atoms with Crippen LogP contribution in [0.3, 0.4) is 0 Å². The van der Waals surface area contributed by atoms with Crippen molar-refractivity contribution in [2.24, 2.45) is 5.73 Å². The highest BCUT2D eigenvalue weighted by molar-refractivity contribution is 5.80. The molecule has 0 aromatic heterocycles. The van der Waals surface area contributed by atoms with E-state index in [9.17, 15) is 4.79 Å². The van der Waals surface area contributed by atoms with Gasteiger partial charge < -0.3 is 19.9 Å². The highest BCUT2D eigenvalue weighted by Crippen LogP contribution is 2.25. The molecular weight excluding hydrogens is 234 g/mol. The lowest BCUT2D eigenvalue weighted by Crippen LogP contribution is -2.48. The Morgan fingerprint density at radius 2 is 1.67 bits per heavy atom. The van der Waals surface area contributed by atoms with Crippen LogP contribution in [0.2, 0.25) is 0 Å². The Bertz CT molecular complexity index is 237. The van der Waals surface area contributed by atoms with Gasteiger partial charge in [-0.1, -0.05) is 25.7 Å². The zero-order valence-corrected chi connectivity index (χ0v) is 11.3. The van der Waals surface area contributed by atoms with Gasteiger partial charge >= 0.3 is 5.97 Å². The molecule has 0 heterocycles. The second-order valence-corrected chi connectivity index (χ2v) is 4.81. The van der Waals surface area contributed by atoms with Gasteiger partial charge in [0.2, 0.25) is 0 Å². The highest BCUT2D eigenvalue weighted by Gasteiger charge is 2.35. The maximum atomic E-state index is 11.9. The minimum atomic E-state index is -0.775. The van der Waals surface area contributed by atoms with Crippen LogP contribution >= 0.6 is 0 Å². The van der Waals surface area contributed by atoms with Crippen molar-refractivity contribution in [2.75, 3.05) is 33.5 Å². The van der Waals surface area contributed by atoms with Gasteiger partial charge in [0.1, 0.15) is 12.1 Å². The van der Waals surface area contributed by atoms with E-state index in [0.29, 0.717) is 19.8 Å². The lowest BCUT2D eigenvalue weighted by Gasteiger charge is -2.25. The average Bonchev–Trinajstić information content (AvgIpc) is 2.59. The predicted octanol–water partition coefficient (Wildman–Crippen LogP) is 1.24. The summed E-state index contributed by atoms with van der Waals surface area (Å²) in [6, 6.07) is 0. The molecular formula is C13H25NO4. The molecule has 1 aliphatic rings. The first-order chi connectivity index (χ1) is 8.69. The van der Waals surface area contributed by atoms with E-state index >= 15 is 0 Å². The number of carbonyl (C=O) groups excluding carboxylic acids is 1. The van der Waals surface area contributed by atoms with Gasteiger partial charge in [0.25, 0.3) is 0 Å². The quantitative estimate of drug-likeness (QED) is 0.423. The first-order valence-corrected chi connectivity index (χ1v) is 6.72. The monoisotopic (exact) mass is 259 g/mol. The second kappa shape index (κ2) is 8.45. The van der Waals surface area contributed by atoms with E-state index in [0.717, 1.165) is 38.5 Å². The van der Waals surface area contributed by atoms with Gasteiger partial charge in [-0.05, 0) is 12.8 Å². The Hall–Kier alpha value is -0.650. The van der Waals surface area contributed by atoms with Crippen molar-refractivity contribution < 1.29 is 19.0 Å². The van der Waals surface area contributed by atoms with Crippen LogP contribution in [0.15, 0.2) is 0 Å². The van der Waals surface area contributed by atoms with Crippen molar-refractivity contribution in [3.05, 3.63) is 0 Å². The minimum absolute atomic E-state index is 0.265. The molecule has 0 aromatic rings. The zero-order valence-electron chi connectivity index (χ0n) is 11.3. The number of hydrogen-bond acceptors (Lipinski definition) is 5. The minimum Gasteiger partial charge on any atom is -0.462 e. The van der Waals surface area contributed by atoms with Crippen molar-refractivity contribution >= 4 is 5.97 Å². The van der Waals surface area contributed by atoms with Crippen molar-refractivity contribution in [3.8, 4) is 0 Å². The van der Waals surface area contributed by atoms with Gasteiger partial charge in [-0.25, -0.2) is 0 Å². The third kappa shape index (κ3) is 5.33. The number of methoxy groups -OCH3 is 1. The van der Waals surface area contributed by atoms with Crippen LogP contribution in [0.25, 0.3) is 0 Å². The molecule has 1 aliphatic carbocycles. The Balaban J connectivity index is 2.18. The lowest BCUT2D eigenvalue weighted by atomic mass is 9.92. The fourth-order valence-corrected chi connectivity index (χ4v) is 2.14. The first kappa shape index (κ1) is 15.4. The van der Waals surface area contributed by atoms with Crippen molar-refractivity contribution in [3.63, 3.8) is 0 Å². The molecule has 0 unspecified atom stereocenters. The maximum Gasteiger partial charge on any atom is 0.326 e. The van der Waals surface area contributed by atoms with E-state index in [4.69, 9.17) is 19.9 Å². The summed E-state index contributed by atoms with van der Waals surface area (Å²) in [6.07, 6.45) is 5.80. The first-order valence-electron chi connectivity index (χ1n) is 6.72. The molecule has 0 bridgehead atoms. The lowest BCUT2D eigenvalue weighted by molar-refractivity contribution is -0.152. The van der Waals surface area contributed by atoms with E-state index in [2.05, 4.69) is 0 Å². The molecule has 5 nitrogen and oxygen atoms in total.